The molecular formula is C9H15NO5. The monoisotopic (exact) mass is 217 g/mol. The minimum Gasteiger partial charge on any atom is -0.466 e. The highest BCUT2D eigenvalue weighted by Gasteiger charge is 2.14. The molecule has 0 aromatic carbocycles. The largest absolute Gasteiger partial charge is 0.466 e. The van der Waals surface area contributed by atoms with Crippen molar-refractivity contribution in [2.24, 2.45) is 0 Å². The lowest BCUT2D eigenvalue weighted by atomic mass is 10.4. The van der Waals surface area contributed by atoms with Gasteiger partial charge in [0.15, 0.2) is 6.23 Å². The number of amides is 1. The highest BCUT2D eigenvalue weighted by Crippen LogP contribution is 1.94. The molecule has 0 aliphatic carbocycles. The fourth-order valence-corrected chi connectivity index (χ4v) is 0.884. The summed E-state index contributed by atoms with van der Waals surface area (Å²) in [6.07, 6.45) is -1.19. The maximum absolute atomic E-state index is 11.0. The second kappa shape index (κ2) is 6.80. The molecule has 0 saturated carbocycles. The zero-order valence-electron chi connectivity index (χ0n) is 9.03. The number of esters is 2. The van der Waals surface area contributed by atoms with Crippen molar-refractivity contribution < 1.29 is 23.9 Å². The van der Waals surface area contributed by atoms with Crippen LogP contribution in [0.25, 0.3) is 0 Å². The van der Waals surface area contributed by atoms with Crippen molar-refractivity contribution in [1.82, 2.24) is 5.32 Å². The zero-order valence-corrected chi connectivity index (χ0v) is 9.03. The molecule has 0 aromatic rings. The Hall–Kier alpha value is -1.59. The van der Waals surface area contributed by atoms with E-state index in [0.29, 0.717) is 0 Å². The molecule has 0 aliphatic heterocycles. The SMILES string of the molecule is CCOC(=O)CC(=O)OC(C)NC(C)=O. The van der Waals surface area contributed by atoms with Crippen LogP contribution in [0, 0.1) is 0 Å². The second-order valence-corrected chi connectivity index (χ2v) is 2.81. The van der Waals surface area contributed by atoms with E-state index in [1.165, 1.54) is 13.8 Å². The summed E-state index contributed by atoms with van der Waals surface area (Å²) >= 11 is 0. The molecule has 6 nitrogen and oxygen atoms in total. The molecule has 1 unspecified atom stereocenters. The first-order valence-electron chi connectivity index (χ1n) is 4.58. The normalized spacial score (nSPS) is 11.4. The molecule has 0 saturated heterocycles. The molecule has 0 heterocycles. The molecule has 1 atom stereocenters. The van der Waals surface area contributed by atoms with Crippen LogP contribution in [0.4, 0.5) is 0 Å². The van der Waals surface area contributed by atoms with E-state index >= 15 is 0 Å². The van der Waals surface area contributed by atoms with Crippen LogP contribution in [-0.2, 0) is 23.9 Å². The predicted molar refractivity (Wildman–Crippen MR) is 50.6 cm³/mol. The molecule has 0 fully saturated rings. The van der Waals surface area contributed by atoms with Gasteiger partial charge in [-0.25, -0.2) is 0 Å². The first-order valence-corrected chi connectivity index (χ1v) is 4.58. The van der Waals surface area contributed by atoms with Gasteiger partial charge in [-0.2, -0.15) is 0 Å². The van der Waals surface area contributed by atoms with Crippen LogP contribution in [-0.4, -0.2) is 30.7 Å². The van der Waals surface area contributed by atoms with Crippen molar-refractivity contribution >= 4 is 17.8 Å². The maximum Gasteiger partial charge on any atom is 0.319 e. The van der Waals surface area contributed by atoms with Gasteiger partial charge in [-0.3, -0.25) is 14.4 Å². The predicted octanol–water partition coefficient (Wildman–Crippen LogP) is -0.0351. The third-order valence-corrected chi connectivity index (χ3v) is 1.31. The number of carbonyl (C=O) groups excluding carboxylic acids is 3. The molecule has 0 bridgehead atoms. The van der Waals surface area contributed by atoms with Gasteiger partial charge in [-0.15, -0.1) is 0 Å². The number of hydrogen-bond donors (Lipinski definition) is 1. The van der Waals surface area contributed by atoms with Crippen molar-refractivity contribution in [3.8, 4) is 0 Å². The molecule has 0 aliphatic rings. The summed E-state index contributed by atoms with van der Waals surface area (Å²) in [5.41, 5.74) is 0. The molecule has 86 valence electrons. The molecule has 1 amide bonds. The van der Waals surface area contributed by atoms with Crippen molar-refractivity contribution in [3.63, 3.8) is 0 Å². The highest BCUT2D eigenvalue weighted by molar-refractivity contribution is 5.91. The fraction of sp³-hybridized carbons (Fsp3) is 0.667. The first kappa shape index (κ1) is 13.4. The van der Waals surface area contributed by atoms with Gasteiger partial charge in [0.05, 0.1) is 6.61 Å². The van der Waals surface area contributed by atoms with Crippen LogP contribution in [0.1, 0.15) is 27.2 Å². The van der Waals surface area contributed by atoms with Gasteiger partial charge in [-0.05, 0) is 13.8 Å². The summed E-state index contributed by atoms with van der Waals surface area (Å²) in [6, 6.07) is 0. The van der Waals surface area contributed by atoms with E-state index in [-0.39, 0.29) is 12.5 Å². The van der Waals surface area contributed by atoms with E-state index in [1.54, 1.807) is 6.92 Å². The molecular weight excluding hydrogens is 202 g/mol. The van der Waals surface area contributed by atoms with Gasteiger partial charge < -0.3 is 14.8 Å². The maximum atomic E-state index is 11.0. The van der Waals surface area contributed by atoms with Gasteiger partial charge in [0.1, 0.15) is 6.42 Å². The summed E-state index contributed by atoms with van der Waals surface area (Å²) in [5.74, 6) is -1.68. The Labute approximate surface area is 87.9 Å². The number of rotatable bonds is 5. The Kier molecular flexibility index (Phi) is 6.08. The Morgan fingerprint density at radius 1 is 1.27 bits per heavy atom. The molecule has 0 aromatic heterocycles. The van der Waals surface area contributed by atoms with E-state index in [4.69, 9.17) is 4.74 Å². The van der Waals surface area contributed by atoms with Crippen molar-refractivity contribution in [2.75, 3.05) is 6.61 Å². The van der Waals surface area contributed by atoms with E-state index in [9.17, 15) is 14.4 Å². The number of hydrogen-bond acceptors (Lipinski definition) is 5. The topological polar surface area (TPSA) is 81.7 Å². The van der Waals surface area contributed by atoms with Crippen LogP contribution in [0.3, 0.4) is 0 Å². The van der Waals surface area contributed by atoms with Crippen LogP contribution in [0.5, 0.6) is 0 Å². The Balaban J connectivity index is 3.82. The lowest BCUT2D eigenvalue weighted by Gasteiger charge is -2.13. The summed E-state index contributed by atoms with van der Waals surface area (Å²) < 4.78 is 9.25. The van der Waals surface area contributed by atoms with Crippen LogP contribution < -0.4 is 5.32 Å². The molecule has 1 N–H and O–H groups in total. The lowest BCUT2D eigenvalue weighted by Crippen LogP contribution is -2.34. The summed E-state index contributed by atoms with van der Waals surface area (Å²) in [7, 11) is 0. The average Bonchev–Trinajstić information content (AvgIpc) is 2.00. The van der Waals surface area contributed by atoms with E-state index in [2.05, 4.69) is 10.1 Å². The van der Waals surface area contributed by atoms with Gasteiger partial charge in [0, 0.05) is 6.92 Å². The van der Waals surface area contributed by atoms with Gasteiger partial charge in [0.2, 0.25) is 5.91 Å². The lowest BCUT2D eigenvalue weighted by molar-refractivity contribution is -0.158. The van der Waals surface area contributed by atoms with E-state index < -0.39 is 24.6 Å². The van der Waals surface area contributed by atoms with Crippen LogP contribution in [0.15, 0.2) is 0 Å². The molecule has 0 rings (SSSR count). The molecule has 0 spiro atoms. The van der Waals surface area contributed by atoms with Gasteiger partial charge in [-0.1, -0.05) is 0 Å². The Morgan fingerprint density at radius 3 is 2.33 bits per heavy atom. The number of ether oxygens (including phenoxy) is 2. The van der Waals surface area contributed by atoms with E-state index in [0.717, 1.165) is 0 Å². The van der Waals surface area contributed by atoms with Gasteiger partial charge in [0.25, 0.3) is 0 Å². The smallest absolute Gasteiger partial charge is 0.319 e. The summed E-state index contributed by atoms with van der Waals surface area (Å²) in [6.45, 7) is 4.65. The second-order valence-electron chi connectivity index (χ2n) is 2.81. The van der Waals surface area contributed by atoms with Crippen molar-refractivity contribution in [1.29, 1.82) is 0 Å². The first-order chi connectivity index (χ1) is 6.95. The van der Waals surface area contributed by atoms with Crippen molar-refractivity contribution in [3.05, 3.63) is 0 Å². The molecule has 0 radical (unpaired) electrons. The van der Waals surface area contributed by atoms with Gasteiger partial charge >= 0.3 is 11.9 Å². The number of nitrogens with one attached hydrogen (secondary N) is 1. The summed E-state index contributed by atoms with van der Waals surface area (Å²) in [5, 5.41) is 2.34. The minimum absolute atomic E-state index is 0.216. The standard InChI is InChI=1S/C9H15NO5/c1-4-14-8(12)5-9(13)15-7(3)10-6(2)11/h7H,4-5H2,1-3H3,(H,10,11). The average molecular weight is 217 g/mol. The molecule has 6 heteroatoms. The van der Waals surface area contributed by atoms with E-state index in [1.807, 2.05) is 0 Å². The molecule has 15 heavy (non-hydrogen) atoms. The zero-order chi connectivity index (χ0) is 11.8. The Bertz CT molecular complexity index is 251. The third-order valence-electron chi connectivity index (χ3n) is 1.31. The Morgan fingerprint density at radius 2 is 1.87 bits per heavy atom. The quantitative estimate of drug-likeness (QED) is 0.397. The van der Waals surface area contributed by atoms with Crippen LogP contribution >= 0.6 is 0 Å². The third kappa shape index (κ3) is 7.48. The van der Waals surface area contributed by atoms with Crippen molar-refractivity contribution in [2.45, 2.75) is 33.4 Å². The number of carbonyl (C=O) groups is 3. The fourth-order valence-electron chi connectivity index (χ4n) is 0.884. The summed E-state index contributed by atoms with van der Waals surface area (Å²) in [4.78, 5) is 32.5. The highest BCUT2D eigenvalue weighted by atomic mass is 16.6. The minimum atomic E-state index is -0.746. The van der Waals surface area contributed by atoms with Crippen LogP contribution in [0.2, 0.25) is 0 Å².